The average Bonchev–Trinajstić information content (AvgIpc) is 3.19. The maximum absolute atomic E-state index is 12.1. The molecule has 156 valence electrons. The van der Waals surface area contributed by atoms with Crippen LogP contribution in [0.3, 0.4) is 0 Å². The summed E-state index contributed by atoms with van der Waals surface area (Å²) in [4.78, 5) is 6.22. The van der Waals surface area contributed by atoms with Gasteiger partial charge in [0.25, 0.3) is 0 Å². The number of sulfonamides is 1. The highest BCUT2D eigenvalue weighted by Crippen LogP contribution is 2.15. The van der Waals surface area contributed by atoms with Crippen LogP contribution in [0.15, 0.2) is 51.0 Å². The van der Waals surface area contributed by atoms with Crippen molar-refractivity contribution in [2.24, 2.45) is 4.99 Å². The molecule has 28 heavy (non-hydrogen) atoms. The summed E-state index contributed by atoms with van der Waals surface area (Å²) in [6.07, 6.45) is 0. The van der Waals surface area contributed by atoms with Gasteiger partial charge in [-0.3, -0.25) is 4.99 Å². The summed E-state index contributed by atoms with van der Waals surface area (Å²) < 4.78 is 32.5. The van der Waals surface area contributed by atoms with Crippen molar-refractivity contribution >= 4 is 51.3 Å². The number of halogens is 1. The number of ether oxygens (including phenoxy) is 1. The molecule has 1 aromatic carbocycles. The molecule has 10 heteroatoms. The van der Waals surface area contributed by atoms with E-state index in [0.717, 1.165) is 11.3 Å². The third-order valence-corrected chi connectivity index (χ3v) is 6.55. The number of hydrogen-bond acceptors (Lipinski definition) is 5. The number of guanidine groups is 1. The van der Waals surface area contributed by atoms with E-state index in [9.17, 15) is 8.42 Å². The number of nitrogens with zero attached hydrogens (tertiary/aromatic N) is 2. The summed E-state index contributed by atoms with van der Waals surface area (Å²) in [5, 5.41) is 4.91. The summed E-state index contributed by atoms with van der Waals surface area (Å²) in [5.41, 5.74) is 1.13. The molecule has 2 rings (SSSR count). The fourth-order valence-electron chi connectivity index (χ4n) is 2.44. The summed E-state index contributed by atoms with van der Waals surface area (Å²) in [6, 6.07) is 11.2. The molecule has 0 spiro atoms. The lowest BCUT2D eigenvalue weighted by atomic mass is 10.2. The van der Waals surface area contributed by atoms with Gasteiger partial charge in [0.05, 0.1) is 6.61 Å². The van der Waals surface area contributed by atoms with Crippen LogP contribution >= 0.6 is 35.3 Å². The van der Waals surface area contributed by atoms with Gasteiger partial charge < -0.3 is 15.0 Å². The number of nitrogens with one attached hydrogen (secondary N) is 2. The van der Waals surface area contributed by atoms with Gasteiger partial charge in [-0.05, 0) is 36.1 Å². The fourth-order valence-corrected chi connectivity index (χ4v) is 4.51. The molecule has 0 radical (unpaired) electrons. The molecule has 0 aliphatic heterocycles. The Morgan fingerprint density at radius 1 is 1.21 bits per heavy atom. The zero-order chi connectivity index (χ0) is 19.7. The van der Waals surface area contributed by atoms with E-state index < -0.39 is 10.0 Å². The fraction of sp³-hybridized carbons (Fsp3) is 0.389. The summed E-state index contributed by atoms with van der Waals surface area (Å²) in [7, 11) is 0.197. The maximum Gasteiger partial charge on any atom is 0.250 e. The number of aliphatic imine (C=N–C) groups is 1. The van der Waals surface area contributed by atoms with Crippen LogP contribution in [0, 0.1) is 0 Å². The largest absolute Gasteiger partial charge is 0.494 e. The first-order valence-electron chi connectivity index (χ1n) is 8.63. The van der Waals surface area contributed by atoms with Crippen LogP contribution in [0.2, 0.25) is 0 Å². The molecule has 7 nitrogen and oxygen atoms in total. The first-order chi connectivity index (χ1) is 13.0. The third-order valence-electron chi connectivity index (χ3n) is 3.69. The molecular formula is C18H27IN4O3S2. The molecule has 0 amide bonds. The number of benzene rings is 1. The van der Waals surface area contributed by atoms with Gasteiger partial charge in [0.15, 0.2) is 5.96 Å². The molecule has 0 unspecified atom stereocenters. The molecule has 1 heterocycles. The van der Waals surface area contributed by atoms with Crippen LogP contribution in [0.5, 0.6) is 5.75 Å². The predicted molar refractivity (Wildman–Crippen MR) is 125 cm³/mol. The lowest BCUT2D eigenvalue weighted by molar-refractivity contribution is 0.340. The third kappa shape index (κ3) is 7.57. The molecule has 0 fully saturated rings. The van der Waals surface area contributed by atoms with E-state index in [1.54, 1.807) is 24.6 Å². The zero-order valence-corrected chi connectivity index (χ0v) is 20.2. The number of rotatable bonds is 9. The molecule has 1 aromatic heterocycles. The van der Waals surface area contributed by atoms with E-state index in [2.05, 4.69) is 15.0 Å². The van der Waals surface area contributed by atoms with Crippen LogP contribution in [-0.4, -0.2) is 53.1 Å². The zero-order valence-electron chi connectivity index (χ0n) is 16.2. The Bertz CT molecular complexity index is 825. The van der Waals surface area contributed by atoms with Gasteiger partial charge in [-0.25, -0.2) is 13.1 Å². The lowest BCUT2D eigenvalue weighted by Crippen LogP contribution is -2.42. The van der Waals surface area contributed by atoms with Crippen molar-refractivity contribution in [3.05, 3.63) is 47.3 Å². The molecule has 2 aromatic rings. The highest BCUT2D eigenvalue weighted by Gasteiger charge is 2.14. The quantitative estimate of drug-likeness (QED) is 0.222. The molecular weight excluding hydrogens is 511 g/mol. The summed E-state index contributed by atoms with van der Waals surface area (Å²) >= 11 is 1.20. The van der Waals surface area contributed by atoms with E-state index in [-0.39, 0.29) is 30.5 Å². The second kappa shape index (κ2) is 12.2. The van der Waals surface area contributed by atoms with Crippen molar-refractivity contribution in [3.63, 3.8) is 0 Å². The molecule has 0 aliphatic carbocycles. The van der Waals surface area contributed by atoms with Crippen molar-refractivity contribution < 1.29 is 13.2 Å². The van der Waals surface area contributed by atoms with Crippen molar-refractivity contribution in [1.82, 2.24) is 14.9 Å². The van der Waals surface area contributed by atoms with Gasteiger partial charge >= 0.3 is 0 Å². The number of thiophene rings is 1. The Kier molecular flexibility index (Phi) is 10.8. The minimum Gasteiger partial charge on any atom is -0.494 e. The monoisotopic (exact) mass is 538 g/mol. The van der Waals surface area contributed by atoms with E-state index in [4.69, 9.17) is 4.74 Å². The van der Waals surface area contributed by atoms with Crippen LogP contribution in [-0.2, 0) is 16.6 Å². The van der Waals surface area contributed by atoms with Crippen LogP contribution in [0.4, 0.5) is 0 Å². The highest BCUT2D eigenvalue weighted by molar-refractivity contribution is 14.0. The topological polar surface area (TPSA) is 83.0 Å². The van der Waals surface area contributed by atoms with Crippen molar-refractivity contribution in [1.29, 1.82) is 0 Å². The van der Waals surface area contributed by atoms with E-state index in [0.29, 0.717) is 29.9 Å². The van der Waals surface area contributed by atoms with Gasteiger partial charge in [-0.2, -0.15) is 0 Å². The lowest BCUT2D eigenvalue weighted by Gasteiger charge is -2.22. The normalized spacial score (nSPS) is 11.6. The molecule has 2 N–H and O–H groups in total. The second-order valence-electron chi connectivity index (χ2n) is 5.74. The van der Waals surface area contributed by atoms with E-state index >= 15 is 0 Å². The first-order valence-corrected chi connectivity index (χ1v) is 11.0. The van der Waals surface area contributed by atoms with Gasteiger partial charge in [0, 0.05) is 33.7 Å². The predicted octanol–water partition coefficient (Wildman–Crippen LogP) is 2.75. The Labute approximate surface area is 188 Å². The Morgan fingerprint density at radius 3 is 2.50 bits per heavy atom. The molecule has 0 saturated carbocycles. The van der Waals surface area contributed by atoms with E-state index in [1.807, 2.05) is 43.1 Å². The van der Waals surface area contributed by atoms with Crippen LogP contribution in [0.1, 0.15) is 12.5 Å². The van der Waals surface area contributed by atoms with Crippen LogP contribution < -0.4 is 14.8 Å². The molecule has 0 atom stereocenters. The average molecular weight is 538 g/mol. The smallest absolute Gasteiger partial charge is 0.250 e. The standard InChI is InChI=1S/C18H26N4O3S2.HI/c1-4-25-16-9-7-15(8-10-16)14-22(3)18(19-2)20-11-12-21-27(23,24)17-6-5-13-26-17;/h5-10,13,21H,4,11-12,14H2,1-3H3,(H,19,20);1H. The van der Waals surface area contributed by atoms with Gasteiger partial charge in [0.2, 0.25) is 10.0 Å². The Hall–Kier alpha value is -1.37. The highest BCUT2D eigenvalue weighted by atomic mass is 127. The Morgan fingerprint density at radius 2 is 1.93 bits per heavy atom. The van der Waals surface area contributed by atoms with E-state index in [1.165, 1.54) is 11.3 Å². The van der Waals surface area contributed by atoms with Crippen molar-refractivity contribution in [2.45, 2.75) is 17.7 Å². The SMILES string of the molecule is CCOc1ccc(CN(C)C(=NC)NCCNS(=O)(=O)c2cccs2)cc1.I. The Balaban J connectivity index is 0.00000392. The van der Waals surface area contributed by atoms with Crippen molar-refractivity contribution in [2.75, 3.05) is 33.8 Å². The molecule has 0 saturated heterocycles. The van der Waals surface area contributed by atoms with Gasteiger partial charge in [0.1, 0.15) is 9.96 Å². The summed E-state index contributed by atoms with van der Waals surface area (Å²) in [6.45, 7) is 3.98. The number of hydrogen-bond donors (Lipinski definition) is 2. The molecule has 0 bridgehead atoms. The van der Waals surface area contributed by atoms with Crippen LogP contribution in [0.25, 0.3) is 0 Å². The minimum absolute atomic E-state index is 0. The summed E-state index contributed by atoms with van der Waals surface area (Å²) in [5.74, 6) is 1.55. The first kappa shape index (κ1) is 24.7. The van der Waals surface area contributed by atoms with Crippen molar-refractivity contribution in [3.8, 4) is 5.75 Å². The molecule has 0 aliphatic rings. The maximum atomic E-state index is 12.1. The van der Waals surface area contributed by atoms with Gasteiger partial charge in [-0.15, -0.1) is 35.3 Å². The van der Waals surface area contributed by atoms with Gasteiger partial charge in [-0.1, -0.05) is 18.2 Å². The second-order valence-corrected chi connectivity index (χ2v) is 8.68. The minimum atomic E-state index is -3.44.